The number of aromatic nitrogens is 3. The highest BCUT2D eigenvalue weighted by Crippen LogP contribution is 2.17. The highest BCUT2D eigenvalue weighted by molar-refractivity contribution is 6.00. The Morgan fingerprint density at radius 1 is 1.03 bits per heavy atom. The molecule has 0 saturated carbocycles. The molecule has 2 aromatic heterocycles. The summed E-state index contributed by atoms with van der Waals surface area (Å²) >= 11 is 0. The standard InChI is InChI=1S/C24H23N5O4/c1-2-33-20-11-4-3-10-19(20)23(31)25-15-22(30)26-18-9-7-8-17(14-18)16-29-24(32)28-13-6-5-12-21(28)27-29/h3-14H,2,15-16H2,1H3,(H,25,31)(H,26,30). The normalized spacial score (nSPS) is 10.7. The number of anilines is 1. The van der Waals surface area contributed by atoms with Gasteiger partial charge in [-0.2, -0.15) is 0 Å². The maximum absolute atomic E-state index is 12.5. The van der Waals surface area contributed by atoms with Crippen LogP contribution in [-0.4, -0.2) is 39.1 Å². The van der Waals surface area contributed by atoms with Crippen molar-refractivity contribution >= 4 is 23.1 Å². The molecule has 4 rings (SSSR count). The van der Waals surface area contributed by atoms with Gasteiger partial charge < -0.3 is 15.4 Å². The van der Waals surface area contributed by atoms with Gasteiger partial charge in [-0.1, -0.05) is 30.3 Å². The van der Waals surface area contributed by atoms with Crippen LogP contribution in [0.4, 0.5) is 5.69 Å². The smallest absolute Gasteiger partial charge is 0.350 e. The number of pyridine rings is 1. The lowest BCUT2D eigenvalue weighted by atomic mass is 10.2. The molecule has 9 heteroatoms. The van der Waals surface area contributed by atoms with Crippen molar-refractivity contribution in [3.05, 3.63) is 94.5 Å². The van der Waals surface area contributed by atoms with Gasteiger partial charge >= 0.3 is 5.69 Å². The van der Waals surface area contributed by atoms with Gasteiger partial charge in [0.15, 0.2) is 5.65 Å². The Morgan fingerprint density at radius 2 is 1.85 bits per heavy atom. The Labute approximate surface area is 189 Å². The lowest BCUT2D eigenvalue weighted by Crippen LogP contribution is -2.33. The quantitative estimate of drug-likeness (QED) is 0.433. The predicted molar refractivity (Wildman–Crippen MR) is 124 cm³/mol. The number of hydrogen-bond donors (Lipinski definition) is 2. The van der Waals surface area contributed by atoms with E-state index in [-0.39, 0.29) is 24.7 Å². The molecular weight excluding hydrogens is 422 g/mol. The number of nitrogens with zero attached hydrogens (tertiary/aromatic N) is 3. The molecule has 0 aliphatic carbocycles. The van der Waals surface area contributed by atoms with Crippen LogP contribution in [0.3, 0.4) is 0 Å². The number of benzene rings is 2. The third-order valence-electron chi connectivity index (χ3n) is 4.87. The third-order valence-corrected chi connectivity index (χ3v) is 4.87. The number of para-hydroxylation sites is 1. The van der Waals surface area contributed by atoms with Crippen LogP contribution in [0.5, 0.6) is 5.75 Å². The Bertz CT molecular complexity index is 1360. The Hall–Kier alpha value is -4.40. The molecule has 4 aromatic rings. The molecule has 0 radical (unpaired) electrons. The topological polar surface area (TPSA) is 107 Å². The Balaban J connectivity index is 1.38. The molecule has 0 bridgehead atoms. The number of rotatable bonds is 8. The molecule has 0 aliphatic rings. The first-order chi connectivity index (χ1) is 16.0. The van der Waals surface area contributed by atoms with E-state index in [1.807, 2.05) is 19.1 Å². The zero-order valence-corrected chi connectivity index (χ0v) is 18.0. The number of ether oxygens (including phenoxy) is 1. The van der Waals surface area contributed by atoms with Crippen LogP contribution >= 0.6 is 0 Å². The number of hydrogen-bond acceptors (Lipinski definition) is 5. The summed E-state index contributed by atoms with van der Waals surface area (Å²) in [5.74, 6) is -0.304. The average molecular weight is 445 g/mol. The fourth-order valence-corrected chi connectivity index (χ4v) is 3.39. The highest BCUT2D eigenvalue weighted by atomic mass is 16.5. The van der Waals surface area contributed by atoms with Gasteiger partial charge in [-0.3, -0.25) is 14.0 Å². The monoisotopic (exact) mass is 445 g/mol. The van der Waals surface area contributed by atoms with E-state index in [4.69, 9.17) is 4.74 Å². The summed E-state index contributed by atoms with van der Waals surface area (Å²) in [6, 6.07) is 19.3. The molecule has 0 saturated heterocycles. The summed E-state index contributed by atoms with van der Waals surface area (Å²) < 4.78 is 8.30. The van der Waals surface area contributed by atoms with Gasteiger partial charge in [-0.15, -0.1) is 5.10 Å². The van der Waals surface area contributed by atoms with E-state index in [9.17, 15) is 14.4 Å². The Morgan fingerprint density at radius 3 is 2.67 bits per heavy atom. The summed E-state index contributed by atoms with van der Waals surface area (Å²) in [4.78, 5) is 37.3. The minimum atomic E-state index is -0.394. The van der Waals surface area contributed by atoms with E-state index in [1.54, 1.807) is 60.8 Å². The molecule has 2 amide bonds. The average Bonchev–Trinajstić information content (AvgIpc) is 3.13. The van der Waals surface area contributed by atoms with Gasteiger partial charge in [-0.25, -0.2) is 9.48 Å². The minimum Gasteiger partial charge on any atom is -0.493 e. The largest absolute Gasteiger partial charge is 0.493 e. The molecule has 0 unspecified atom stereocenters. The highest BCUT2D eigenvalue weighted by Gasteiger charge is 2.13. The molecule has 0 aliphatic heterocycles. The minimum absolute atomic E-state index is 0.199. The van der Waals surface area contributed by atoms with E-state index < -0.39 is 5.91 Å². The molecule has 0 atom stereocenters. The van der Waals surface area contributed by atoms with Crippen LogP contribution < -0.4 is 21.1 Å². The maximum Gasteiger partial charge on any atom is 0.350 e. The third kappa shape index (κ3) is 5.09. The van der Waals surface area contributed by atoms with Crippen LogP contribution in [0.1, 0.15) is 22.8 Å². The molecule has 0 fully saturated rings. The first kappa shape index (κ1) is 21.8. The molecule has 2 N–H and O–H groups in total. The summed E-state index contributed by atoms with van der Waals surface area (Å²) in [7, 11) is 0. The van der Waals surface area contributed by atoms with Crippen molar-refractivity contribution in [1.29, 1.82) is 0 Å². The molecular formula is C24H23N5O4. The molecule has 2 aromatic carbocycles. The van der Waals surface area contributed by atoms with Gasteiger partial charge in [0.05, 0.1) is 25.3 Å². The van der Waals surface area contributed by atoms with Crippen molar-refractivity contribution in [3.63, 3.8) is 0 Å². The van der Waals surface area contributed by atoms with Crippen molar-refractivity contribution in [2.45, 2.75) is 13.5 Å². The van der Waals surface area contributed by atoms with Crippen LogP contribution in [0.15, 0.2) is 77.7 Å². The first-order valence-corrected chi connectivity index (χ1v) is 10.5. The first-order valence-electron chi connectivity index (χ1n) is 10.5. The Kier molecular flexibility index (Phi) is 6.49. The summed E-state index contributed by atoms with van der Waals surface area (Å²) in [6.45, 7) is 2.33. The van der Waals surface area contributed by atoms with Crippen LogP contribution in [0, 0.1) is 0 Å². The van der Waals surface area contributed by atoms with Crippen molar-refractivity contribution in [3.8, 4) is 5.75 Å². The number of nitrogens with one attached hydrogen (secondary N) is 2. The summed E-state index contributed by atoms with van der Waals surface area (Å²) in [5.41, 5.74) is 2.04. The van der Waals surface area contributed by atoms with Crippen molar-refractivity contribution in [2.75, 3.05) is 18.5 Å². The van der Waals surface area contributed by atoms with Gasteiger partial charge in [0.25, 0.3) is 5.91 Å². The molecule has 9 nitrogen and oxygen atoms in total. The van der Waals surface area contributed by atoms with E-state index in [0.717, 1.165) is 5.56 Å². The van der Waals surface area contributed by atoms with Crippen molar-refractivity contribution < 1.29 is 14.3 Å². The van der Waals surface area contributed by atoms with Gasteiger partial charge in [0.1, 0.15) is 5.75 Å². The lowest BCUT2D eigenvalue weighted by Gasteiger charge is -2.11. The number of fused-ring (bicyclic) bond motifs is 1. The van der Waals surface area contributed by atoms with Crippen molar-refractivity contribution in [2.24, 2.45) is 0 Å². The molecule has 0 spiro atoms. The predicted octanol–water partition coefficient (Wildman–Crippen LogP) is 2.31. The van der Waals surface area contributed by atoms with Crippen LogP contribution in [-0.2, 0) is 11.3 Å². The maximum atomic E-state index is 12.5. The van der Waals surface area contributed by atoms with Crippen molar-refractivity contribution in [1.82, 2.24) is 19.5 Å². The zero-order chi connectivity index (χ0) is 23.2. The second-order valence-corrected chi connectivity index (χ2v) is 7.23. The summed E-state index contributed by atoms with van der Waals surface area (Å²) in [5, 5.41) is 9.68. The fraction of sp³-hybridized carbons (Fsp3) is 0.167. The molecule has 2 heterocycles. The number of carbonyl (C=O) groups excluding carboxylic acids is 2. The van der Waals surface area contributed by atoms with Gasteiger partial charge in [0.2, 0.25) is 5.91 Å². The van der Waals surface area contributed by atoms with E-state index in [2.05, 4.69) is 15.7 Å². The van der Waals surface area contributed by atoms with E-state index in [1.165, 1.54) is 9.08 Å². The SMILES string of the molecule is CCOc1ccccc1C(=O)NCC(=O)Nc1cccc(Cn2nc3ccccn3c2=O)c1. The van der Waals surface area contributed by atoms with Crippen LogP contribution in [0.25, 0.3) is 5.65 Å². The van der Waals surface area contributed by atoms with E-state index >= 15 is 0 Å². The summed E-state index contributed by atoms with van der Waals surface area (Å²) in [6.07, 6.45) is 1.67. The van der Waals surface area contributed by atoms with Gasteiger partial charge in [-0.05, 0) is 48.9 Å². The zero-order valence-electron chi connectivity index (χ0n) is 18.0. The lowest BCUT2D eigenvalue weighted by molar-refractivity contribution is -0.115. The number of carbonyl (C=O) groups is 2. The number of amides is 2. The van der Waals surface area contributed by atoms with Crippen LogP contribution in [0.2, 0.25) is 0 Å². The van der Waals surface area contributed by atoms with E-state index in [0.29, 0.717) is 29.3 Å². The molecule has 168 valence electrons. The van der Waals surface area contributed by atoms with Gasteiger partial charge in [0, 0.05) is 11.9 Å². The second kappa shape index (κ2) is 9.82. The fourth-order valence-electron chi connectivity index (χ4n) is 3.39. The molecule has 33 heavy (non-hydrogen) atoms. The second-order valence-electron chi connectivity index (χ2n) is 7.23.